The number of amides is 2. The van der Waals surface area contributed by atoms with Crippen molar-refractivity contribution in [3.05, 3.63) is 54.1 Å². The van der Waals surface area contributed by atoms with Gasteiger partial charge < -0.3 is 24.8 Å². The monoisotopic (exact) mass is 438 g/mol. The van der Waals surface area contributed by atoms with Crippen LogP contribution in [0.1, 0.15) is 32.3 Å². The quantitative estimate of drug-likeness (QED) is 0.698. The third-order valence-electron chi connectivity index (χ3n) is 4.96. The van der Waals surface area contributed by atoms with Crippen molar-refractivity contribution < 1.29 is 32.5 Å². The maximum atomic E-state index is 12.5. The summed E-state index contributed by atoms with van der Waals surface area (Å²) in [6, 6.07) is 12.0. The van der Waals surface area contributed by atoms with Crippen molar-refractivity contribution in [2.75, 3.05) is 18.4 Å². The van der Waals surface area contributed by atoms with Crippen molar-refractivity contribution in [3.8, 4) is 11.5 Å². The maximum Gasteiger partial charge on any atom is 0.573 e. The van der Waals surface area contributed by atoms with Crippen molar-refractivity contribution in [2.45, 2.75) is 44.8 Å². The Balaban J connectivity index is 1.58. The summed E-state index contributed by atoms with van der Waals surface area (Å²) >= 11 is 0. The van der Waals surface area contributed by atoms with Crippen molar-refractivity contribution in [3.63, 3.8) is 0 Å². The number of hydrogen-bond donors (Lipinski definition) is 2. The van der Waals surface area contributed by atoms with Gasteiger partial charge in [0.1, 0.15) is 11.5 Å². The highest BCUT2D eigenvalue weighted by Gasteiger charge is 2.37. The SMILES string of the molecule is CC(C)Oc1ccc(NC(=O)N2CCC(O)(c3cccc(OC(F)(F)F)c3)CC2)cc1. The van der Waals surface area contributed by atoms with Gasteiger partial charge in [-0.15, -0.1) is 13.2 Å². The third kappa shape index (κ3) is 6.27. The van der Waals surface area contributed by atoms with E-state index in [-0.39, 0.29) is 43.8 Å². The van der Waals surface area contributed by atoms with Gasteiger partial charge in [-0.3, -0.25) is 0 Å². The Kier molecular flexibility index (Phi) is 6.64. The van der Waals surface area contributed by atoms with E-state index in [0.717, 1.165) is 0 Å². The highest BCUT2D eigenvalue weighted by Crippen LogP contribution is 2.35. The highest BCUT2D eigenvalue weighted by molar-refractivity contribution is 5.89. The highest BCUT2D eigenvalue weighted by atomic mass is 19.4. The molecule has 1 heterocycles. The van der Waals surface area contributed by atoms with Crippen LogP contribution >= 0.6 is 0 Å². The molecular weight excluding hydrogens is 413 g/mol. The number of aliphatic hydroxyl groups is 1. The first-order valence-corrected chi connectivity index (χ1v) is 9.95. The second-order valence-electron chi connectivity index (χ2n) is 7.72. The number of urea groups is 1. The summed E-state index contributed by atoms with van der Waals surface area (Å²) in [5, 5.41) is 13.7. The number of nitrogens with zero attached hydrogens (tertiary/aromatic N) is 1. The van der Waals surface area contributed by atoms with E-state index < -0.39 is 12.0 Å². The first-order chi connectivity index (χ1) is 14.5. The molecular formula is C22H25F3N2O4. The molecule has 168 valence electrons. The van der Waals surface area contributed by atoms with E-state index >= 15 is 0 Å². The molecule has 0 aliphatic carbocycles. The van der Waals surface area contributed by atoms with Gasteiger partial charge in [0.05, 0.1) is 11.7 Å². The number of carbonyl (C=O) groups excluding carboxylic acids is 1. The zero-order chi connectivity index (χ0) is 22.6. The van der Waals surface area contributed by atoms with Crippen LogP contribution in [0.2, 0.25) is 0 Å². The zero-order valence-electron chi connectivity index (χ0n) is 17.3. The van der Waals surface area contributed by atoms with E-state index in [4.69, 9.17) is 4.74 Å². The zero-order valence-corrected chi connectivity index (χ0v) is 17.3. The predicted octanol–water partition coefficient (Wildman–Crippen LogP) is 4.89. The minimum Gasteiger partial charge on any atom is -0.491 e. The number of halogens is 3. The minimum atomic E-state index is -4.80. The molecule has 2 aromatic rings. The van der Waals surface area contributed by atoms with E-state index in [0.29, 0.717) is 17.0 Å². The number of rotatable bonds is 5. The van der Waals surface area contributed by atoms with Crippen LogP contribution in [-0.2, 0) is 5.60 Å². The first-order valence-electron chi connectivity index (χ1n) is 9.95. The normalized spacial score (nSPS) is 16.2. The Morgan fingerprint density at radius 1 is 1.10 bits per heavy atom. The van der Waals surface area contributed by atoms with Crippen LogP contribution in [0, 0.1) is 0 Å². The van der Waals surface area contributed by atoms with Crippen LogP contribution in [0.25, 0.3) is 0 Å². The number of likely N-dealkylation sites (tertiary alicyclic amines) is 1. The lowest BCUT2D eigenvalue weighted by Crippen LogP contribution is -2.46. The van der Waals surface area contributed by atoms with E-state index in [1.807, 2.05) is 13.8 Å². The summed E-state index contributed by atoms with van der Waals surface area (Å²) in [7, 11) is 0. The lowest BCUT2D eigenvalue weighted by atomic mass is 9.84. The van der Waals surface area contributed by atoms with Crippen LogP contribution in [-0.4, -0.2) is 41.6 Å². The molecule has 1 fully saturated rings. The molecule has 0 unspecified atom stereocenters. The molecule has 2 aromatic carbocycles. The van der Waals surface area contributed by atoms with E-state index in [9.17, 15) is 23.1 Å². The summed E-state index contributed by atoms with van der Waals surface area (Å²) in [5.41, 5.74) is -0.397. The Morgan fingerprint density at radius 2 is 1.74 bits per heavy atom. The van der Waals surface area contributed by atoms with Crippen LogP contribution in [0.5, 0.6) is 11.5 Å². The van der Waals surface area contributed by atoms with Gasteiger partial charge in [0, 0.05) is 18.8 Å². The second-order valence-corrected chi connectivity index (χ2v) is 7.72. The number of benzene rings is 2. The summed E-state index contributed by atoms with van der Waals surface area (Å²) < 4.78 is 46.9. The topological polar surface area (TPSA) is 71.0 Å². The molecule has 9 heteroatoms. The Hall–Kier alpha value is -2.94. The lowest BCUT2D eigenvalue weighted by molar-refractivity contribution is -0.274. The lowest BCUT2D eigenvalue weighted by Gasteiger charge is -2.38. The molecule has 3 rings (SSSR count). The van der Waals surface area contributed by atoms with E-state index in [1.165, 1.54) is 18.2 Å². The third-order valence-corrected chi connectivity index (χ3v) is 4.96. The molecule has 1 aliphatic rings. The van der Waals surface area contributed by atoms with Gasteiger partial charge in [-0.2, -0.15) is 0 Å². The number of alkyl halides is 3. The molecule has 0 spiro atoms. The molecule has 0 atom stereocenters. The van der Waals surface area contributed by atoms with Gasteiger partial charge in [0.15, 0.2) is 0 Å². The van der Waals surface area contributed by atoms with E-state index in [2.05, 4.69) is 10.1 Å². The predicted molar refractivity (Wildman–Crippen MR) is 109 cm³/mol. The molecule has 0 saturated carbocycles. The second kappa shape index (κ2) is 9.05. The number of nitrogens with one attached hydrogen (secondary N) is 1. The molecule has 2 amide bonds. The number of piperidine rings is 1. The van der Waals surface area contributed by atoms with Gasteiger partial charge in [-0.25, -0.2) is 4.79 Å². The largest absolute Gasteiger partial charge is 0.573 e. The molecule has 31 heavy (non-hydrogen) atoms. The van der Waals surface area contributed by atoms with Gasteiger partial charge in [-0.05, 0) is 68.7 Å². The van der Waals surface area contributed by atoms with E-state index in [1.54, 1.807) is 35.2 Å². The maximum absolute atomic E-state index is 12.5. The molecule has 1 aliphatic heterocycles. The average Bonchev–Trinajstić information content (AvgIpc) is 2.68. The average molecular weight is 438 g/mol. The van der Waals surface area contributed by atoms with Crippen molar-refractivity contribution >= 4 is 11.7 Å². The standard InChI is InChI=1S/C22H25F3N2O4/c1-15(2)30-18-8-6-17(7-9-18)26-20(28)27-12-10-21(29,11-13-27)16-4-3-5-19(14-16)31-22(23,24)25/h3-9,14-15,29H,10-13H2,1-2H3,(H,26,28). The fraction of sp³-hybridized carbons (Fsp3) is 0.409. The van der Waals surface area contributed by atoms with Crippen LogP contribution < -0.4 is 14.8 Å². The number of hydrogen-bond acceptors (Lipinski definition) is 4. The van der Waals surface area contributed by atoms with Crippen LogP contribution in [0.4, 0.5) is 23.7 Å². The van der Waals surface area contributed by atoms with Crippen molar-refractivity contribution in [1.29, 1.82) is 0 Å². The number of carbonyl (C=O) groups is 1. The Bertz CT molecular complexity index is 892. The smallest absolute Gasteiger partial charge is 0.491 e. The fourth-order valence-corrected chi connectivity index (χ4v) is 3.44. The van der Waals surface area contributed by atoms with Crippen molar-refractivity contribution in [2.24, 2.45) is 0 Å². The molecule has 2 N–H and O–H groups in total. The molecule has 6 nitrogen and oxygen atoms in total. The minimum absolute atomic E-state index is 0.0493. The molecule has 1 saturated heterocycles. The summed E-state index contributed by atoms with van der Waals surface area (Å²) in [5.74, 6) is 0.316. The number of ether oxygens (including phenoxy) is 2. The van der Waals surface area contributed by atoms with Crippen molar-refractivity contribution in [1.82, 2.24) is 4.90 Å². The molecule has 0 bridgehead atoms. The fourth-order valence-electron chi connectivity index (χ4n) is 3.44. The Labute approximate surface area is 178 Å². The molecule has 0 radical (unpaired) electrons. The van der Waals surface area contributed by atoms with Gasteiger partial charge in [-0.1, -0.05) is 12.1 Å². The summed E-state index contributed by atoms with van der Waals surface area (Å²) in [6.07, 6.45) is -4.37. The van der Waals surface area contributed by atoms with Gasteiger partial charge in [0.25, 0.3) is 0 Å². The summed E-state index contributed by atoms with van der Waals surface area (Å²) in [4.78, 5) is 14.1. The number of anilines is 1. The first kappa shape index (κ1) is 22.7. The van der Waals surface area contributed by atoms with Crippen LogP contribution in [0.15, 0.2) is 48.5 Å². The van der Waals surface area contributed by atoms with Gasteiger partial charge in [0.2, 0.25) is 0 Å². The Morgan fingerprint density at radius 3 is 2.32 bits per heavy atom. The molecule has 0 aromatic heterocycles. The summed E-state index contributed by atoms with van der Waals surface area (Å²) in [6.45, 7) is 4.35. The van der Waals surface area contributed by atoms with Gasteiger partial charge >= 0.3 is 12.4 Å². The van der Waals surface area contributed by atoms with Crippen LogP contribution in [0.3, 0.4) is 0 Å².